The molecule has 0 atom stereocenters. The maximum Gasteiger partial charge on any atom is 0.271 e. The van der Waals surface area contributed by atoms with Gasteiger partial charge in [-0.15, -0.1) is 0 Å². The van der Waals surface area contributed by atoms with E-state index in [0.29, 0.717) is 13.2 Å². The molecule has 0 spiro atoms. The number of benzene rings is 2. The number of ether oxygens (including phenoxy) is 1. The van der Waals surface area contributed by atoms with Crippen molar-refractivity contribution < 1.29 is 22.9 Å². The fourth-order valence-electron chi connectivity index (χ4n) is 2.61. The molecule has 10 heteroatoms. The molecular formula is C17H17N3O6S. The average molecular weight is 391 g/mol. The Bertz CT molecular complexity index is 953. The van der Waals surface area contributed by atoms with Crippen LogP contribution in [0.4, 0.5) is 11.4 Å². The molecule has 3 rings (SSSR count). The van der Waals surface area contributed by atoms with Crippen molar-refractivity contribution in [3.05, 3.63) is 64.2 Å². The van der Waals surface area contributed by atoms with Crippen molar-refractivity contribution in [2.24, 2.45) is 0 Å². The van der Waals surface area contributed by atoms with Crippen molar-refractivity contribution in [1.82, 2.24) is 4.31 Å². The van der Waals surface area contributed by atoms with Gasteiger partial charge in [0.25, 0.3) is 11.6 Å². The predicted octanol–water partition coefficient (Wildman–Crippen LogP) is 1.87. The van der Waals surface area contributed by atoms with Crippen LogP contribution in [0.5, 0.6) is 0 Å². The number of hydrogen-bond acceptors (Lipinski definition) is 6. The van der Waals surface area contributed by atoms with Gasteiger partial charge in [0.05, 0.1) is 23.0 Å². The minimum Gasteiger partial charge on any atom is -0.379 e. The fraction of sp³-hybridized carbons (Fsp3) is 0.235. The quantitative estimate of drug-likeness (QED) is 0.614. The van der Waals surface area contributed by atoms with Crippen LogP contribution in [0.15, 0.2) is 53.4 Å². The summed E-state index contributed by atoms with van der Waals surface area (Å²) in [6.45, 7) is 1.28. The third-order valence-corrected chi connectivity index (χ3v) is 5.95. The fourth-order valence-corrected chi connectivity index (χ4v) is 4.02. The first-order valence-electron chi connectivity index (χ1n) is 8.12. The number of carbonyl (C=O) groups is 1. The molecule has 2 aromatic carbocycles. The molecule has 1 fully saturated rings. The number of amides is 1. The average Bonchev–Trinajstić information content (AvgIpc) is 2.69. The Labute approximate surface area is 155 Å². The SMILES string of the molecule is O=C(Nc1cccc([N+](=O)[O-])c1)c1ccc(S(=O)(=O)N2CCOCC2)cc1. The number of sulfonamides is 1. The summed E-state index contributed by atoms with van der Waals surface area (Å²) in [4.78, 5) is 22.6. The van der Waals surface area contributed by atoms with E-state index in [-0.39, 0.29) is 34.9 Å². The van der Waals surface area contributed by atoms with Crippen LogP contribution >= 0.6 is 0 Å². The van der Waals surface area contributed by atoms with E-state index in [2.05, 4.69) is 5.32 Å². The van der Waals surface area contributed by atoms with E-state index < -0.39 is 20.9 Å². The van der Waals surface area contributed by atoms with Gasteiger partial charge in [-0.2, -0.15) is 4.31 Å². The number of nitrogens with zero attached hydrogens (tertiary/aromatic N) is 2. The third-order valence-electron chi connectivity index (χ3n) is 4.04. The van der Waals surface area contributed by atoms with Gasteiger partial charge in [0.1, 0.15) is 0 Å². The first-order chi connectivity index (χ1) is 12.9. The molecule has 27 heavy (non-hydrogen) atoms. The standard InChI is InChI=1S/C17H17N3O6S/c21-17(18-14-2-1-3-15(12-14)20(22)23)13-4-6-16(7-5-13)27(24,25)19-8-10-26-11-9-19/h1-7,12H,8-11H2,(H,18,21). The number of rotatable bonds is 5. The number of carbonyl (C=O) groups excluding carboxylic acids is 1. The highest BCUT2D eigenvalue weighted by Gasteiger charge is 2.26. The Morgan fingerprint density at radius 2 is 1.78 bits per heavy atom. The highest BCUT2D eigenvalue weighted by atomic mass is 32.2. The van der Waals surface area contributed by atoms with Gasteiger partial charge in [-0.25, -0.2) is 8.42 Å². The van der Waals surface area contributed by atoms with E-state index in [1.54, 1.807) is 0 Å². The van der Waals surface area contributed by atoms with Crippen molar-refractivity contribution in [2.75, 3.05) is 31.6 Å². The monoisotopic (exact) mass is 391 g/mol. The largest absolute Gasteiger partial charge is 0.379 e. The summed E-state index contributed by atoms with van der Waals surface area (Å²) in [6.07, 6.45) is 0. The second kappa shape index (κ2) is 7.82. The van der Waals surface area contributed by atoms with Crippen molar-refractivity contribution in [3.8, 4) is 0 Å². The Balaban J connectivity index is 1.74. The highest BCUT2D eigenvalue weighted by Crippen LogP contribution is 2.20. The normalized spacial score (nSPS) is 15.3. The van der Waals surface area contributed by atoms with Gasteiger partial charge >= 0.3 is 0 Å². The lowest BCUT2D eigenvalue weighted by Crippen LogP contribution is -2.40. The molecule has 1 aliphatic rings. The molecule has 1 aliphatic heterocycles. The smallest absolute Gasteiger partial charge is 0.271 e. The predicted molar refractivity (Wildman–Crippen MR) is 97.1 cm³/mol. The molecule has 0 bridgehead atoms. The highest BCUT2D eigenvalue weighted by molar-refractivity contribution is 7.89. The molecule has 9 nitrogen and oxygen atoms in total. The van der Waals surface area contributed by atoms with Crippen LogP contribution in [-0.2, 0) is 14.8 Å². The van der Waals surface area contributed by atoms with E-state index in [4.69, 9.17) is 4.74 Å². The summed E-state index contributed by atoms with van der Waals surface area (Å²) in [6, 6.07) is 11.1. The van der Waals surface area contributed by atoms with Crippen molar-refractivity contribution >= 4 is 27.3 Å². The summed E-state index contributed by atoms with van der Waals surface area (Å²) >= 11 is 0. The summed E-state index contributed by atoms with van der Waals surface area (Å²) in [5.74, 6) is -0.495. The zero-order valence-electron chi connectivity index (χ0n) is 14.2. The number of non-ortho nitro benzene ring substituents is 1. The lowest BCUT2D eigenvalue weighted by molar-refractivity contribution is -0.384. The number of hydrogen-bond donors (Lipinski definition) is 1. The minimum absolute atomic E-state index is 0.0938. The van der Waals surface area contributed by atoms with Crippen molar-refractivity contribution in [1.29, 1.82) is 0 Å². The van der Waals surface area contributed by atoms with Crippen LogP contribution in [0.3, 0.4) is 0 Å². The van der Waals surface area contributed by atoms with Gasteiger partial charge in [0.2, 0.25) is 10.0 Å². The second-order valence-corrected chi connectivity index (χ2v) is 7.74. The van der Waals surface area contributed by atoms with Crippen LogP contribution in [-0.4, -0.2) is 49.9 Å². The van der Waals surface area contributed by atoms with Gasteiger partial charge in [-0.3, -0.25) is 14.9 Å². The van der Waals surface area contributed by atoms with E-state index in [1.807, 2.05) is 0 Å². The molecule has 0 aliphatic carbocycles. The van der Waals surface area contributed by atoms with E-state index in [0.717, 1.165) is 0 Å². The first kappa shape index (κ1) is 19.0. The van der Waals surface area contributed by atoms with Gasteiger partial charge in [0.15, 0.2) is 0 Å². The second-order valence-electron chi connectivity index (χ2n) is 5.80. The molecule has 1 saturated heterocycles. The Morgan fingerprint density at radius 1 is 1.11 bits per heavy atom. The van der Waals surface area contributed by atoms with Crippen LogP contribution < -0.4 is 5.32 Å². The van der Waals surface area contributed by atoms with Gasteiger partial charge < -0.3 is 10.1 Å². The van der Waals surface area contributed by atoms with Crippen LogP contribution in [0.25, 0.3) is 0 Å². The van der Waals surface area contributed by atoms with Gasteiger partial charge in [-0.1, -0.05) is 6.07 Å². The molecule has 1 heterocycles. The number of morpholine rings is 1. The minimum atomic E-state index is -3.63. The maximum absolute atomic E-state index is 12.6. The number of anilines is 1. The van der Waals surface area contributed by atoms with Crippen LogP contribution in [0.2, 0.25) is 0 Å². The number of nitro groups is 1. The maximum atomic E-state index is 12.6. The van der Waals surface area contributed by atoms with Crippen LogP contribution in [0, 0.1) is 10.1 Å². The topological polar surface area (TPSA) is 119 Å². The Hall–Kier alpha value is -2.82. The summed E-state index contributed by atoms with van der Waals surface area (Å²) < 4.78 is 31.6. The summed E-state index contributed by atoms with van der Waals surface area (Å²) in [5, 5.41) is 13.4. The van der Waals surface area contributed by atoms with Crippen molar-refractivity contribution in [2.45, 2.75) is 4.90 Å². The van der Waals surface area contributed by atoms with E-state index in [9.17, 15) is 23.3 Å². The molecule has 0 radical (unpaired) electrons. The molecule has 1 N–H and O–H groups in total. The molecule has 1 amide bonds. The third kappa shape index (κ3) is 4.30. The lowest BCUT2D eigenvalue weighted by atomic mass is 10.2. The summed E-state index contributed by atoms with van der Waals surface area (Å²) in [7, 11) is -3.63. The molecule has 0 unspecified atom stereocenters. The lowest BCUT2D eigenvalue weighted by Gasteiger charge is -2.26. The van der Waals surface area contributed by atoms with E-state index in [1.165, 1.54) is 52.8 Å². The van der Waals surface area contributed by atoms with Crippen molar-refractivity contribution in [3.63, 3.8) is 0 Å². The molecule has 2 aromatic rings. The van der Waals surface area contributed by atoms with Gasteiger partial charge in [-0.05, 0) is 30.3 Å². The molecular weight excluding hydrogens is 374 g/mol. The summed E-state index contributed by atoms with van der Waals surface area (Å²) in [5.41, 5.74) is 0.376. The Morgan fingerprint density at radius 3 is 2.41 bits per heavy atom. The molecule has 142 valence electrons. The number of nitro benzene ring substituents is 1. The zero-order valence-corrected chi connectivity index (χ0v) is 15.0. The Kier molecular flexibility index (Phi) is 5.49. The van der Waals surface area contributed by atoms with Crippen LogP contribution in [0.1, 0.15) is 10.4 Å². The first-order valence-corrected chi connectivity index (χ1v) is 9.56. The molecule has 0 aromatic heterocycles. The van der Waals surface area contributed by atoms with Gasteiger partial charge in [0, 0.05) is 36.5 Å². The zero-order chi connectivity index (χ0) is 19.4. The number of nitrogens with one attached hydrogen (secondary N) is 1. The van der Waals surface area contributed by atoms with E-state index >= 15 is 0 Å². The molecule has 0 saturated carbocycles.